The molecule has 0 aromatic heterocycles. The fourth-order valence-corrected chi connectivity index (χ4v) is 4.57. The van der Waals surface area contributed by atoms with Gasteiger partial charge >= 0.3 is 0 Å². The van der Waals surface area contributed by atoms with Gasteiger partial charge in [-0.3, -0.25) is 9.10 Å². The SMILES string of the molecule is O=C(C[C@H]1C=CCC1)Nc1cc(N2CCCS2(=O)=O)ccc1O. The van der Waals surface area contributed by atoms with E-state index in [0.717, 1.165) is 12.8 Å². The standard InChI is InChI=1S/C16H20N2O4S/c19-15-7-6-13(18-8-3-9-23(18,21)22)11-14(15)17-16(20)10-12-4-1-2-5-12/h1,4,6-7,11-12,19H,2-3,5,8-10H2,(H,17,20)/t12-/m0/s1. The van der Waals surface area contributed by atoms with E-state index in [1.807, 2.05) is 6.08 Å². The number of rotatable bonds is 4. The molecule has 1 heterocycles. The Hall–Kier alpha value is -2.02. The topological polar surface area (TPSA) is 86.7 Å². The molecular formula is C16H20N2O4S. The van der Waals surface area contributed by atoms with Gasteiger partial charge in [0.1, 0.15) is 5.75 Å². The van der Waals surface area contributed by atoms with Crippen LogP contribution in [0.15, 0.2) is 30.4 Å². The van der Waals surface area contributed by atoms with Gasteiger partial charge in [-0.15, -0.1) is 0 Å². The van der Waals surface area contributed by atoms with E-state index in [9.17, 15) is 18.3 Å². The van der Waals surface area contributed by atoms with Gasteiger partial charge in [0.15, 0.2) is 0 Å². The summed E-state index contributed by atoms with van der Waals surface area (Å²) in [5.74, 6) is 0.113. The minimum atomic E-state index is -3.29. The summed E-state index contributed by atoms with van der Waals surface area (Å²) in [6, 6.07) is 4.47. The van der Waals surface area contributed by atoms with Crippen LogP contribution in [0.4, 0.5) is 11.4 Å². The minimum absolute atomic E-state index is 0.0688. The molecule has 6 nitrogen and oxygen atoms in total. The molecule has 1 atom stereocenters. The molecule has 2 N–H and O–H groups in total. The van der Waals surface area contributed by atoms with Crippen molar-refractivity contribution in [1.82, 2.24) is 0 Å². The first-order valence-electron chi connectivity index (χ1n) is 7.76. The van der Waals surface area contributed by atoms with Crippen molar-refractivity contribution in [2.45, 2.75) is 25.7 Å². The molecule has 1 amide bonds. The highest BCUT2D eigenvalue weighted by Gasteiger charge is 2.29. The van der Waals surface area contributed by atoms with Crippen LogP contribution in [0.25, 0.3) is 0 Å². The molecule has 1 aliphatic heterocycles. The molecule has 0 spiro atoms. The number of benzene rings is 1. The van der Waals surface area contributed by atoms with Crippen molar-refractivity contribution in [2.75, 3.05) is 21.9 Å². The van der Waals surface area contributed by atoms with Gasteiger partial charge in [0.25, 0.3) is 0 Å². The lowest BCUT2D eigenvalue weighted by molar-refractivity contribution is -0.116. The first-order chi connectivity index (χ1) is 11.0. The summed E-state index contributed by atoms with van der Waals surface area (Å²) in [6.07, 6.45) is 7.00. The molecule has 0 bridgehead atoms. The van der Waals surface area contributed by atoms with Gasteiger partial charge in [0.05, 0.1) is 17.1 Å². The second-order valence-corrected chi connectivity index (χ2v) is 7.97. The summed E-state index contributed by atoms with van der Waals surface area (Å²) in [6.45, 7) is 0.424. The van der Waals surface area contributed by atoms with E-state index in [1.165, 1.54) is 16.4 Å². The Morgan fingerprint density at radius 2 is 2.22 bits per heavy atom. The van der Waals surface area contributed by atoms with Crippen molar-refractivity contribution in [2.24, 2.45) is 5.92 Å². The van der Waals surface area contributed by atoms with Crippen LogP contribution in [-0.4, -0.2) is 31.7 Å². The molecule has 7 heteroatoms. The molecule has 3 rings (SSSR count). The molecule has 124 valence electrons. The molecule has 1 aliphatic carbocycles. The Kier molecular flexibility index (Phi) is 4.30. The normalized spacial score (nSPS) is 22.4. The van der Waals surface area contributed by atoms with E-state index >= 15 is 0 Å². The lowest BCUT2D eigenvalue weighted by Crippen LogP contribution is -2.25. The maximum absolute atomic E-state index is 12.1. The number of aromatic hydroxyl groups is 1. The third-order valence-corrected chi connectivity index (χ3v) is 6.07. The van der Waals surface area contributed by atoms with Crippen LogP contribution in [0.2, 0.25) is 0 Å². The number of phenolic OH excluding ortho intramolecular Hbond substituents is 1. The number of allylic oxidation sites excluding steroid dienone is 2. The van der Waals surface area contributed by atoms with Gasteiger partial charge in [0, 0.05) is 13.0 Å². The molecule has 0 radical (unpaired) electrons. The summed E-state index contributed by atoms with van der Waals surface area (Å²) in [7, 11) is -3.29. The number of hydrogen-bond acceptors (Lipinski definition) is 4. The summed E-state index contributed by atoms with van der Waals surface area (Å²) in [5, 5.41) is 12.6. The Bertz CT molecular complexity index is 742. The van der Waals surface area contributed by atoms with Crippen LogP contribution in [0, 0.1) is 5.92 Å². The van der Waals surface area contributed by atoms with Crippen LogP contribution in [0.3, 0.4) is 0 Å². The first-order valence-corrected chi connectivity index (χ1v) is 9.36. The van der Waals surface area contributed by atoms with E-state index < -0.39 is 10.0 Å². The predicted molar refractivity (Wildman–Crippen MR) is 89.0 cm³/mol. The maximum atomic E-state index is 12.1. The van der Waals surface area contributed by atoms with Crippen molar-refractivity contribution in [3.05, 3.63) is 30.4 Å². The number of nitrogens with zero attached hydrogens (tertiary/aromatic N) is 1. The molecule has 1 saturated heterocycles. The number of carbonyl (C=O) groups excluding carboxylic acids is 1. The molecule has 23 heavy (non-hydrogen) atoms. The highest BCUT2D eigenvalue weighted by molar-refractivity contribution is 7.93. The van der Waals surface area contributed by atoms with Crippen LogP contribution < -0.4 is 9.62 Å². The molecule has 1 aromatic carbocycles. The van der Waals surface area contributed by atoms with Gasteiger partial charge in [0.2, 0.25) is 15.9 Å². The number of amides is 1. The molecule has 0 saturated carbocycles. The van der Waals surface area contributed by atoms with Crippen LogP contribution in [0.5, 0.6) is 5.75 Å². The number of phenols is 1. The van der Waals surface area contributed by atoms with Crippen molar-refractivity contribution in [3.63, 3.8) is 0 Å². The summed E-state index contributed by atoms with van der Waals surface area (Å²) in [4.78, 5) is 12.1. The van der Waals surface area contributed by atoms with E-state index in [2.05, 4.69) is 11.4 Å². The maximum Gasteiger partial charge on any atom is 0.235 e. The molecule has 1 fully saturated rings. The number of carbonyl (C=O) groups is 1. The second-order valence-electron chi connectivity index (χ2n) is 5.96. The number of anilines is 2. The highest BCUT2D eigenvalue weighted by atomic mass is 32.2. The van der Waals surface area contributed by atoms with Gasteiger partial charge in [-0.2, -0.15) is 0 Å². The molecule has 1 aromatic rings. The Morgan fingerprint density at radius 3 is 2.87 bits per heavy atom. The first kappa shape index (κ1) is 15.9. The quantitative estimate of drug-likeness (QED) is 0.652. The fraction of sp³-hybridized carbons (Fsp3) is 0.438. The van der Waals surface area contributed by atoms with E-state index in [-0.39, 0.29) is 29.0 Å². The van der Waals surface area contributed by atoms with Crippen LogP contribution in [-0.2, 0) is 14.8 Å². The van der Waals surface area contributed by atoms with Crippen molar-refractivity contribution in [3.8, 4) is 5.75 Å². The van der Waals surface area contributed by atoms with Gasteiger partial charge in [-0.1, -0.05) is 12.2 Å². The monoisotopic (exact) mass is 336 g/mol. The number of nitrogens with one attached hydrogen (secondary N) is 1. The van der Waals surface area contributed by atoms with E-state index in [4.69, 9.17) is 0 Å². The summed E-state index contributed by atoms with van der Waals surface area (Å²) < 4.78 is 25.3. The Labute approximate surface area is 135 Å². The zero-order valence-electron chi connectivity index (χ0n) is 12.7. The largest absolute Gasteiger partial charge is 0.506 e. The third-order valence-electron chi connectivity index (χ3n) is 4.20. The van der Waals surface area contributed by atoms with Crippen molar-refractivity contribution < 1.29 is 18.3 Å². The minimum Gasteiger partial charge on any atom is -0.506 e. The number of sulfonamides is 1. The number of hydrogen-bond donors (Lipinski definition) is 2. The average Bonchev–Trinajstić information content (AvgIpc) is 3.10. The van der Waals surface area contributed by atoms with Crippen LogP contribution >= 0.6 is 0 Å². The summed E-state index contributed by atoms with van der Waals surface area (Å²) in [5.41, 5.74) is 0.716. The van der Waals surface area contributed by atoms with E-state index in [1.54, 1.807) is 6.07 Å². The fourth-order valence-electron chi connectivity index (χ4n) is 3.01. The Morgan fingerprint density at radius 1 is 1.39 bits per heavy atom. The van der Waals surface area contributed by atoms with Gasteiger partial charge < -0.3 is 10.4 Å². The van der Waals surface area contributed by atoms with E-state index in [0.29, 0.717) is 25.1 Å². The smallest absolute Gasteiger partial charge is 0.235 e. The second kappa shape index (κ2) is 6.23. The highest BCUT2D eigenvalue weighted by Crippen LogP contribution is 2.32. The van der Waals surface area contributed by atoms with Crippen molar-refractivity contribution >= 4 is 27.3 Å². The lowest BCUT2D eigenvalue weighted by atomic mass is 10.0. The molecule has 0 unspecified atom stereocenters. The zero-order chi connectivity index (χ0) is 16.4. The zero-order valence-corrected chi connectivity index (χ0v) is 13.6. The molecular weight excluding hydrogens is 316 g/mol. The van der Waals surface area contributed by atoms with Crippen LogP contribution in [0.1, 0.15) is 25.7 Å². The van der Waals surface area contributed by atoms with Gasteiger partial charge in [-0.25, -0.2) is 8.42 Å². The average molecular weight is 336 g/mol. The predicted octanol–water partition coefficient (Wildman–Crippen LogP) is 2.23. The lowest BCUT2D eigenvalue weighted by Gasteiger charge is -2.18. The summed E-state index contributed by atoms with van der Waals surface area (Å²) >= 11 is 0. The van der Waals surface area contributed by atoms with Gasteiger partial charge in [-0.05, 0) is 43.4 Å². The third kappa shape index (κ3) is 3.50. The Balaban J connectivity index is 1.75. The van der Waals surface area contributed by atoms with Crippen molar-refractivity contribution in [1.29, 1.82) is 0 Å². The molecule has 2 aliphatic rings.